The smallest absolute Gasteiger partial charge is 0.323 e. The van der Waals surface area contributed by atoms with E-state index in [0.717, 1.165) is 5.56 Å². The van der Waals surface area contributed by atoms with Crippen LogP contribution in [0.5, 0.6) is 5.75 Å². The zero-order chi connectivity index (χ0) is 19.5. The van der Waals surface area contributed by atoms with Crippen LogP contribution < -0.4 is 15.7 Å². The summed E-state index contributed by atoms with van der Waals surface area (Å²) in [6, 6.07) is 17.9. The lowest BCUT2D eigenvalue weighted by Gasteiger charge is -2.12. The van der Waals surface area contributed by atoms with Gasteiger partial charge in [0.1, 0.15) is 18.2 Å². The van der Waals surface area contributed by atoms with Crippen LogP contribution in [0.15, 0.2) is 71.5 Å². The van der Waals surface area contributed by atoms with Crippen molar-refractivity contribution in [1.29, 1.82) is 0 Å². The maximum absolute atomic E-state index is 13.0. The van der Waals surface area contributed by atoms with Gasteiger partial charge in [0.25, 0.3) is 5.91 Å². The maximum atomic E-state index is 13.0. The third-order valence-electron chi connectivity index (χ3n) is 4.21. The standard InChI is InChI=1S/C21H16FN3O3/c22-14-7-5-13(6-8-14)12-28-19-4-2-1-3-16(19)20(26)23-15-9-10-17-18(11-15)25-21(27)24-17/h1-11H,12H2,(H,23,26)(H2,24,25,27). The summed E-state index contributed by atoms with van der Waals surface area (Å²) in [7, 11) is 0. The normalized spacial score (nSPS) is 10.8. The highest BCUT2D eigenvalue weighted by Crippen LogP contribution is 2.22. The molecule has 0 spiro atoms. The zero-order valence-electron chi connectivity index (χ0n) is 14.7. The third-order valence-corrected chi connectivity index (χ3v) is 4.21. The van der Waals surface area contributed by atoms with E-state index in [1.54, 1.807) is 54.6 Å². The second-order valence-corrected chi connectivity index (χ2v) is 6.20. The van der Waals surface area contributed by atoms with E-state index in [1.807, 2.05) is 0 Å². The van der Waals surface area contributed by atoms with E-state index in [-0.39, 0.29) is 24.0 Å². The summed E-state index contributed by atoms with van der Waals surface area (Å²) in [6.07, 6.45) is 0. The summed E-state index contributed by atoms with van der Waals surface area (Å²) in [5.41, 5.74) is 2.65. The minimum atomic E-state index is -0.341. The fourth-order valence-corrected chi connectivity index (χ4v) is 2.83. The van der Waals surface area contributed by atoms with Gasteiger partial charge in [0.15, 0.2) is 0 Å². The van der Waals surface area contributed by atoms with Gasteiger partial charge in [-0.05, 0) is 48.0 Å². The van der Waals surface area contributed by atoms with Crippen molar-refractivity contribution in [2.24, 2.45) is 0 Å². The lowest BCUT2D eigenvalue weighted by Crippen LogP contribution is -2.13. The molecule has 0 radical (unpaired) electrons. The summed E-state index contributed by atoms with van der Waals surface area (Å²) in [6.45, 7) is 0.209. The Bertz CT molecular complexity index is 1200. The number of aromatic amines is 2. The van der Waals surface area contributed by atoms with Crippen LogP contribution in [-0.4, -0.2) is 15.9 Å². The molecule has 0 bridgehead atoms. The monoisotopic (exact) mass is 377 g/mol. The van der Waals surface area contributed by atoms with Gasteiger partial charge < -0.3 is 20.0 Å². The number of fused-ring (bicyclic) bond motifs is 1. The van der Waals surface area contributed by atoms with E-state index in [0.29, 0.717) is 28.0 Å². The quantitative estimate of drug-likeness (QED) is 0.494. The first-order valence-electron chi connectivity index (χ1n) is 8.58. The highest BCUT2D eigenvalue weighted by molar-refractivity contribution is 6.06. The molecule has 1 amide bonds. The second kappa shape index (κ2) is 7.40. The van der Waals surface area contributed by atoms with Crippen LogP contribution in [0, 0.1) is 5.82 Å². The molecule has 0 saturated heterocycles. The molecule has 1 heterocycles. The predicted octanol–water partition coefficient (Wildman–Crippen LogP) is 3.83. The van der Waals surface area contributed by atoms with Gasteiger partial charge in [-0.25, -0.2) is 9.18 Å². The highest BCUT2D eigenvalue weighted by Gasteiger charge is 2.13. The Morgan fingerprint density at radius 2 is 1.71 bits per heavy atom. The predicted molar refractivity (Wildman–Crippen MR) is 104 cm³/mol. The Balaban J connectivity index is 1.51. The highest BCUT2D eigenvalue weighted by atomic mass is 19.1. The molecule has 4 rings (SSSR count). The van der Waals surface area contributed by atoms with Gasteiger partial charge in [0.2, 0.25) is 0 Å². The largest absolute Gasteiger partial charge is 0.488 e. The number of carbonyl (C=O) groups excluding carboxylic acids is 1. The molecule has 0 aliphatic heterocycles. The van der Waals surface area contributed by atoms with Gasteiger partial charge in [-0.15, -0.1) is 0 Å². The van der Waals surface area contributed by atoms with Crippen LogP contribution in [0.4, 0.5) is 10.1 Å². The van der Waals surface area contributed by atoms with Crippen LogP contribution in [-0.2, 0) is 6.61 Å². The molecule has 28 heavy (non-hydrogen) atoms. The van der Waals surface area contributed by atoms with Crippen molar-refractivity contribution >= 4 is 22.6 Å². The molecule has 0 aliphatic rings. The van der Waals surface area contributed by atoms with Gasteiger partial charge in [-0.2, -0.15) is 0 Å². The number of hydrogen-bond acceptors (Lipinski definition) is 3. The number of carbonyl (C=O) groups is 1. The van der Waals surface area contributed by atoms with Gasteiger partial charge in [0.05, 0.1) is 16.6 Å². The molecule has 0 unspecified atom stereocenters. The van der Waals surface area contributed by atoms with Crippen LogP contribution in [0.1, 0.15) is 15.9 Å². The first-order chi connectivity index (χ1) is 13.6. The van der Waals surface area contributed by atoms with Crippen molar-refractivity contribution < 1.29 is 13.9 Å². The Hall–Kier alpha value is -3.87. The fraction of sp³-hybridized carbons (Fsp3) is 0.0476. The summed E-state index contributed by atoms with van der Waals surface area (Å²) in [4.78, 5) is 29.4. The van der Waals surface area contributed by atoms with E-state index < -0.39 is 0 Å². The summed E-state index contributed by atoms with van der Waals surface area (Å²) < 4.78 is 18.8. The Kier molecular flexibility index (Phi) is 4.63. The van der Waals surface area contributed by atoms with Crippen molar-refractivity contribution in [3.8, 4) is 5.75 Å². The van der Waals surface area contributed by atoms with Crippen molar-refractivity contribution in [3.63, 3.8) is 0 Å². The molecule has 1 aromatic heterocycles. The van der Waals surface area contributed by atoms with Crippen LogP contribution in [0.25, 0.3) is 11.0 Å². The zero-order valence-corrected chi connectivity index (χ0v) is 14.7. The average molecular weight is 377 g/mol. The maximum Gasteiger partial charge on any atom is 0.323 e. The molecule has 3 aromatic carbocycles. The number of halogens is 1. The summed E-state index contributed by atoms with van der Waals surface area (Å²) in [5.74, 6) is -0.239. The van der Waals surface area contributed by atoms with Crippen LogP contribution in [0.2, 0.25) is 0 Å². The summed E-state index contributed by atoms with van der Waals surface area (Å²) in [5, 5.41) is 2.80. The van der Waals surface area contributed by atoms with Crippen LogP contribution >= 0.6 is 0 Å². The number of nitrogens with one attached hydrogen (secondary N) is 3. The Morgan fingerprint density at radius 1 is 0.964 bits per heavy atom. The molecule has 0 saturated carbocycles. The average Bonchev–Trinajstić information content (AvgIpc) is 3.07. The molecule has 0 aliphatic carbocycles. The number of para-hydroxylation sites is 1. The van der Waals surface area contributed by atoms with Gasteiger partial charge in [0, 0.05) is 5.69 Å². The fourth-order valence-electron chi connectivity index (χ4n) is 2.83. The molecule has 3 N–H and O–H groups in total. The number of anilines is 1. The number of aromatic nitrogens is 2. The van der Waals surface area contributed by atoms with E-state index in [4.69, 9.17) is 4.74 Å². The van der Waals surface area contributed by atoms with Gasteiger partial charge >= 0.3 is 5.69 Å². The van der Waals surface area contributed by atoms with E-state index in [9.17, 15) is 14.0 Å². The number of hydrogen-bond donors (Lipinski definition) is 3. The number of rotatable bonds is 5. The summed E-state index contributed by atoms with van der Waals surface area (Å²) >= 11 is 0. The molecular weight excluding hydrogens is 361 g/mol. The lowest BCUT2D eigenvalue weighted by atomic mass is 10.1. The first kappa shape index (κ1) is 17.5. The number of benzene rings is 3. The number of H-pyrrole nitrogens is 2. The lowest BCUT2D eigenvalue weighted by molar-refractivity contribution is 0.102. The van der Waals surface area contributed by atoms with Crippen molar-refractivity contribution in [2.45, 2.75) is 6.61 Å². The number of imidazole rings is 1. The third kappa shape index (κ3) is 3.78. The number of ether oxygens (including phenoxy) is 1. The minimum Gasteiger partial charge on any atom is -0.488 e. The molecule has 0 fully saturated rings. The topological polar surface area (TPSA) is 87.0 Å². The molecular formula is C21H16FN3O3. The van der Waals surface area contributed by atoms with Crippen molar-refractivity contribution in [2.75, 3.05) is 5.32 Å². The first-order valence-corrected chi connectivity index (χ1v) is 8.58. The van der Waals surface area contributed by atoms with Gasteiger partial charge in [-0.1, -0.05) is 24.3 Å². The van der Waals surface area contributed by atoms with Crippen molar-refractivity contribution in [1.82, 2.24) is 9.97 Å². The Morgan fingerprint density at radius 3 is 2.54 bits per heavy atom. The minimum absolute atomic E-state index is 0.209. The Labute approximate surface area is 159 Å². The SMILES string of the molecule is O=C(Nc1ccc2[nH]c(=O)[nH]c2c1)c1ccccc1OCc1ccc(F)cc1. The molecule has 140 valence electrons. The van der Waals surface area contributed by atoms with Crippen LogP contribution in [0.3, 0.4) is 0 Å². The molecule has 6 nitrogen and oxygen atoms in total. The molecule has 7 heteroatoms. The molecule has 4 aromatic rings. The molecule has 0 atom stereocenters. The van der Waals surface area contributed by atoms with Crippen molar-refractivity contribution in [3.05, 3.63) is 94.2 Å². The number of amides is 1. The van der Waals surface area contributed by atoms with E-state index in [2.05, 4.69) is 15.3 Å². The second-order valence-electron chi connectivity index (χ2n) is 6.20. The van der Waals surface area contributed by atoms with Gasteiger partial charge in [-0.3, -0.25) is 4.79 Å². The van der Waals surface area contributed by atoms with E-state index >= 15 is 0 Å². The van der Waals surface area contributed by atoms with E-state index in [1.165, 1.54) is 12.1 Å².